The molecule has 14 rings (SSSR count). The van der Waals surface area contributed by atoms with E-state index in [9.17, 15) is 0 Å². The fraction of sp³-hybridized carbons (Fsp3) is 0.0164. The average molecular weight is 861 g/mol. The van der Waals surface area contributed by atoms with Crippen molar-refractivity contribution in [1.29, 1.82) is 0 Å². The number of nitrogens with zero attached hydrogens (tertiary/aromatic N) is 4. The van der Waals surface area contributed by atoms with Gasteiger partial charge in [0.2, 0.25) is 0 Å². The molecule has 0 saturated carbocycles. The molecule has 0 N–H and O–H groups in total. The van der Waals surface area contributed by atoms with E-state index < -0.39 is 0 Å². The smallest absolute Gasteiger partial charge is 0.0555 e. The molecular formula is C61H40N4S. The Labute approximate surface area is 384 Å². The minimum Gasteiger partial charge on any atom is -0.344 e. The van der Waals surface area contributed by atoms with Gasteiger partial charge in [-0.1, -0.05) is 140 Å². The first kappa shape index (κ1) is 37.0. The van der Waals surface area contributed by atoms with E-state index in [0.29, 0.717) is 0 Å². The molecule has 0 aliphatic carbocycles. The molecule has 5 heteroatoms. The summed E-state index contributed by atoms with van der Waals surface area (Å²) in [5.41, 5.74) is 15.4. The minimum absolute atomic E-state index is 1.14. The van der Waals surface area contributed by atoms with Crippen molar-refractivity contribution in [3.63, 3.8) is 0 Å². The lowest BCUT2D eigenvalue weighted by molar-refractivity contribution is 1.13. The molecule has 14 aromatic rings. The number of thiophene rings is 1. The zero-order chi connectivity index (χ0) is 43.5. The molecular weight excluding hydrogens is 821 g/mol. The van der Waals surface area contributed by atoms with Crippen molar-refractivity contribution in [2.75, 3.05) is 11.9 Å². The van der Waals surface area contributed by atoms with Crippen LogP contribution in [0.5, 0.6) is 0 Å². The normalized spacial score (nSPS) is 12.0. The number of anilines is 2. The maximum Gasteiger partial charge on any atom is 0.0555 e. The van der Waals surface area contributed by atoms with Crippen LogP contribution in [0, 0.1) is 0 Å². The third-order valence-corrected chi connectivity index (χ3v) is 15.1. The van der Waals surface area contributed by atoms with Crippen molar-refractivity contribution in [2.24, 2.45) is 0 Å². The molecule has 4 heterocycles. The first-order chi connectivity index (χ1) is 32.7. The van der Waals surface area contributed by atoms with Crippen LogP contribution in [-0.4, -0.2) is 20.7 Å². The first-order valence-electron chi connectivity index (χ1n) is 22.6. The van der Waals surface area contributed by atoms with Crippen LogP contribution in [0.15, 0.2) is 224 Å². The summed E-state index contributed by atoms with van der Waals surface area (Å²) in [7, 11) is 2.22. The Hall–Kier alpha value is -8.38. The topological polar surface area (TPSA) is 18.0 Å². The van der Waals surface area contributed by atoms with E-state index >= 15 is 0 Å². The van der Waals surface area contributed by atoms with Gasteiger partial charge in [0.25, 0.3) is 0 Å². The van der Waals surface area contributed by atoms with Crippen molar-refractivity contribution >= 4 is 108 Å². The minimum atomic E-state index is 1.14. The lowest BCUT2D eigenvalue weighted by Gasteiger charge is -2.24. The predicted octanol–water partition coefficient (Wildman–Crippen LogP) is 16.8. The van der Waals surface area contributed by atoms with Gasteiger partial charge in [0.05, 0.1) is 38.8 Å². The quantitative estimate of drug-likeness (QED) is 0.163. The standard InChI is InChI=1S/C61H40N4S/c1-62(41-31-34-55-50(38-41)46-25-10-14-29-53(46)63(55)40-19-6-3-7-20-40)56-35-32-47-48-33-36-57-59(61(48)66-60(47)58(56)39-17-4-2-5-18-39)49-26-11-15-30-54(49)65(57)43-22-16-21-42(37-43)64-51-27-12-8-23-44(51)45-24-9-13-28-52(45)64/h2-38H,1H3. The fourth-order valence-corrected chi connectivity index (χ4v) is 12.3. The Bertz CT molecular complexity index is 4190. The third-order valence-electron chi connectivity index (χ3n) is 13.8. The van der Waals surface area contributed by atoms with E-state index in [1.807, 2.05) is 11.3 Å². The summed E-state index contributed by atoms with van der Waals surface area (Å²) in [6, 6.07) is 82.2. The number of benzene rings is 10. The lowest BCUT2D eigenvalue weighted by Crippen LogP contribution is -2.10. The molecule has 0 saturated heterocycles. The number of para-hydroxylation sites is 5. The molecule has 4 nitrogen and oxygen atoms in total. The summed E-state index contributed by atoms with van der Waals surface area (Å²) in [6.07, 6.45) is 0. The molecule has 0 bridgehead atoms. The molecule has 4 aromatic heterocycles. The molecule has 0 radical (unpaired) electrons. The van der Waals surface area contributed by atoms with Crippen molar-refractivity contribution in [3.8, 4) is 28.2 Å². The Morgan fingerprint density at radius 2 is 0.803 bits per heavy atom. The largest absolute Gasteiger partial charge is 0.344 e. The first-order valence-corrected chi connectivity index (χ1v) is 23.4. The highest BCUT2D eigenvalue weighted by atomic mass is 32.1. The number of rotatable bonds is 6. The zero-order valence-electron chi connectivity index (χ0n) is 36.1. The summed E-state index contributed by atoms with van der Waals surface area (Å²) in [4.78, 5) is 2.38. The summed E-state index contributed by atoms with van der Waals surface area (Å²) in [5, 5.41) is 10.1. The van der Waals surface area contributed by atoms with Crippen LogP contribution in [0.2, 0.25) is 0 Å². The summed E-state index contributed by atoms with van der Waals surface area (Å²) in [6.45, 7) is 0. The van der Waals surface area contributed by atoms with Crippen LogP contribution < -0.4 is 4.90 Å². The molecule has 66 heavy (non-hydrogen) atoms. The number of hydrogen-bond acceptors (Lipinski definition) is 2. The highest BCUT2D eigenvalue weighted by Crippen LogP contribution is 2.50. The molecule has 0 amide bonds. The van der Waals surface area contributed by atoms with Gasteiger partial charge in [-0.2, -0.15) is 0 Å². The average Bonchev–Trinajstić information content (AvgIpc) is 4.13. The van der Waals surface area contributed by atoms with Crippen molar-refractivity contribution in [1.82, 2.24) is 13.7 Å². The van der Waals surface area contributed by atoms with Gasteiger partial charge >= 0.3 is 0 Å². The van der Waals surface area contributed by atoms with E-state index in [-0.39, 0.29) is 0 Å². The fourth-order valence-electron chi connectivity index (χ4n) is 10.9. The Morgan fingerprint density at radius 3 is 1.47 bits per heavy atom. The van der Waals surface area contributed by atoms with Crippen molar-refractivity contribution in [2.45, 2.75) is 0 Å². The monoisotopic (exact) mass is 860 g/mol. The van der Waals surface area contributed by atoms with Gasteiger partial charge in [0.15, 0.2) is 0 Å². The second-order valence-electron chi connectivity index (χ2n) is 17.3. The molecule has 0 fully saturated rings. The SMILES string of the molecule is CN(c1ccc2c(c1)c1ccccc1n2-c1ccccc1)c1ccc2c(sc3c2ccc2c3c3ccccc3n2-c2cccc(-n3c4ccccc4c4ccccc43)c2)c1-c1ccccc1. The van der Waals surface area contributed by atoms with Crippen LogP contribution in [0.4, 0.5) is 11.4 Å². The van der Waals surface area contributed by atoms with Gasteiger partial charge in [-0.3, -0.25) is 0 Å². The van der Waals surface area contributed by atoms with Crippen LogP contribution in [0.3, 0.4) is 0 Å². The lowest BCUT2D eigenvalue weighted by atomic mass is 9.99. The Kier molecular flexibility index (Phi) is 8.03. The number of fused-ring (bicyclic) bond motifs is 13. The summed E-state index contributed by atoms with van der Waals surface area (Å²) in [5.74, 6) is 0. The van der Waals surface area contributed by atoms with E-state index in [1.54, 1.807) is 0 Å². The molecule has 10 aromatic carbocycles. The number of aromatic nitrogens is 3. The maximum absolute atomic E-state index is 2.47. The van der Waals surface area contributed by atoms with Crippen LogP contribution in [0.1, 0.15) is 0 Å². The zero-order valence-corrected chi connectivity index (χ0v) is 36.9. The molecule has 0 aliphatic heterocycles. The van der Waals surface area contributed by atoms with Gasteiger partial charge in [-0.05, 0) is 90.5 Å². The van der Waals surface area contributed by atoms with Crippen molar-refractivity contribution in [3.05, 3.63) is 224 Å². The molecule has 0 unspecified atom stereocenters. The van der Waals surface area contributed by atoms with Crippen LogP contribution in [0.25, 0.3) is 114 Å². The predicted molar refractivity (Wildman–Crippen MR) is 282 cm³/mol. The Morgan fingerprint density at radius 1 is 0.333 bits per heavy atom. The second-order valence-corrected chi connectivity index (χ2v) is 18.4. The van der Waals surface area contributed by atoms with Gasteiger partial charge in [-0.15, -0.1) is 11.3 Å². The van der Waals surface area contributed by atoms with Gasteiger partial charge in [0.1, 0.15) is 0 Å². The molecule has 310 valence electrons. The van der Waals surface area contributed by atoms with Gasteiger partial charge in [0, 0.05) is 87.9 Å². The van der Waals surface area contributed by atoms with Gasteiger partial charge < -0.3 is 18.6 Å². The maximum atomic E-state index is 2.47. The summed E-state index contributed by atoms with van der Waals surface area (Å²) >= 11 is 1.92. The molecule has 0 spiro atoms. The molecule has 0 atom stereocenters. The van der Waals surface area contributed by atoms with Gasteiger partial charge in [-0.25, -0.2) is 0 Å². The molecule has 0 aliphatic rings. The van der Waals surface area contributed by atoms with E-state index in [2.05, 4.69) is 250 Å². The van der Waals surface area contributed by atoms with E-state index in [4.69, 9.17) is 0 Å². The third kappa shape index (κ3) is 5.32. The van der Waals surface area contributed by atoms with Crippen LogP contribution >= 0.6 is 11.3 Å². The van der Waals surface area contributed by atoms with E-state index in [0.717, 1.165) is 22.7 Å². The Balaban J connectivity index is 0.968. The van der Waals surface area contributed by atoms with Crippen LogP contribution in [-0.2, 0) is 0 Å². The highest BCUT2D eigenvalue weighted by molar-refractivity contribution is 7.27. The number of hydrogen-bond donors (Lipinski definition) is 0. The summed E-state index contributed by atoms with van der Waals surface area (Å²) < 4.78 is 9.86. The second kappa shape index (κ2) is 14.3. The van der Waals surface area contributed by atoms with E-state index in [1.165, 1.54) is 102 Å². The highest BCUT2D eigenvalue weighted by Gasteiger charge is 2.23. The van der Waals surface area contributed by atoms with Crippen molar-refractivity contribution < 1.29 is 0 Å².